The Hall–Kier alpha value is -0.160. The summed E-state index contributed by atoms with van der Waals surface area (Å²) in [6, 6.07) is 0. The molecule has 1 unspecified atom stereocenters. The van der Waals surface area contributed by atoms with E-state index in [1.807, 2.05) is 13.8 Å². The zero-order valence-corrected chi connectivity index (χ0v) is 10.4. The smallest absolute Gasteiger partial charge is 0.101 e. The summed E-state index contributed by atoms with van der Waals surface area (Å²) in [4.78, 5) is 0. The van der Waals surface area contributed by atoms with Crippen LogP contribution in [0, 0.1) is 0 Å². The molecule has 96 valence electrons. The van der Waals surface area contributed by atoms with Gasteiger partial charge in [0.25, 0.3) is 0 Å². The minimum absolute atomic E-state index is 0.143. The highest BCUT2D eigenvalue weighted by atomic mass is 16.5. The maximum atomic E-state index is 9.68. The number of aliphatic hydroxyl groups excluding tert-OH is 1. The lowest BCUT2D eigenvalue weighted by molar-refractivity contribution is -0.0934. The van der Waals surface area contributed by atoms with Crippen LogP contribution in [0.3, 0.4) is 0 Å². The number of ether oxygens (including phenoxy) is 2. The average molecular weight is 231 g/mol. The topological polar surface area (TPSA) is 64.7 Å². The van der Waals surface area contributed by atoms with Gasteiger partial charge in [0.1, 0.15) is 6.10 Å². The van der Waals surface area contributed by atoms with Crippen molar-refractivity contribution in [3.05, 3.63) is 0 Å². The summed E-state index contributed by atoms with van der Waals surface area (Å²) in [5.41, 5.74) is 5.56. The Morgan fingerprint density at radius 2 is 1.88 bits per heavy atom. The van der Waals surface area contributed by atoms with Crippen LogP contribution in [0.5, 0.6) is 0 Å². The van der Waals surface area contributed by atoms with Crippen molar-refractivity contribution in [3.8, 4) is 0 Å². The Bertz CT molecular complexity index is 191. The maximum Gasteiger partial charge on any atom is 0.101 e. The first-order valence-electron chi connectivity index (χ1n) is 6.22. The Morgan fingerprint density at radius 3 is 2.38 bits per heavy atom. The van der Waals surface area contributed by atoms with Crippen LogP contribution in [0.2, 0.25) is 0 Å². The van der Waals surface area contributed by atoms with Gasteiger partial charge in [0.05, 0.1) is 24.9 Å². The molecule has 3 N–H and O–H groups in total. The molecule has 1 fully saturated rings. The second-order valence-electron chi connectivity index (χ2n) is 4.94. The van der Waals surface area contributed by atoms with Crippen LogP contribution >= 0.6 is 0 Å². The summed E-state index contributed by atoms with van der Waals surface area (Å²) >= 11 is 0. The molecule has 1 rings (SSSR count). The fourth-order valence-corrected chi connectivity index (χ4v) is 2.05. The van der Waals surface area contributed by atoms with Gasteiger partial charge in [-0.3, -0.25) is 0 Å². The summed E-state index contributed by atoms with van der Waals surface area (Å²) in [7, 11) is 0. The molecule has 0 radical (unpaired) electrons. The van der Waals surface area contributed by atoms with Gasteiger partial charge in [-0.15, -0.1) is 0 Å². The largest absolute Gasteiger partial charge is 0.388 e. The summed E-state index contributed by atoms with van der Waals surface area (Å²) in [5, 5.41) is 9.68. The summed E-state index contributed by atoms with van der Waals surface area (Å²) in [5.74, 6) is 0. The van der Waals surface area contributed by atoms with E-state index in [1.54, 1.807) is 0 Å². The standard InChI is InChI=1S/C12H25NO3/c1-10(2)15-7-11(14)8-16-12(9-13)5-3-4-6-12/h10-11,14H,3-9,13H2,1-2H3. The van der Waals surface area contributed by atoms with Gasteiger partial charge in [-0.05, 0) is 26.7 Å². The molecular formula is C12H25NO3. The zero-order valence-electron chi connectivity index (χ0n) is 10.4. The van der Waals surface area contributed by atoms with Crippen molar-refractivity contribution in [3.63, 3.8) is 0 Å². The van der Waals surface area contributed by atoms with Crippen LogP contribution in [-0.2, 0) is 9.47 Å². The van der Waals surface area contributed by atoms with Crippen LogP contribution in [-0.4, -0.2) is 42.7 Å². The molecule has 4 heteroatoms. The molecule has 0 aromatic heterocycles. The molecule has 1 atom stereocenters. The highest BCUT2D eigenvalue weighted by Gasteiger charge is 2.33. The highest BCUT2D eigenvalue weighted by molar-refractivity contribution is 4.87. The van der Waals surface area contributed by atoms with Crippen molar-refractivity contribution < 1.29 is 14.6 Å². The van der Waals surface area contributed by atoms with E-state index in [9.17, 15) is 5.11 Å². The molecule has 1 aliphatic rings. The molecule has 1 aliphatic carbocycles. The molecule has 0 aromatic carbocycles. The summed E-state index contributed by atoms with van der Waals surface area (Å²) in [6.45, 7) is 5.10. The molecule has 0 heterocycles. The number of aliphatic hydroxyl groups is 1. The second kappa shape index (κ2) is 6.55. The first kappa shape index (κ1) is 13.9. The molecule has 16 heavy (non-hydrogen) atoms. The monoisotopic (exact) mass is 231 g/mol. The third kappa shape index (κ3) is 4.37. The number of hydrogen-bond donors (Lipinski definition) is 2. The van der Waals surface area contributed by atoms with Crippen molar-refractivity contribution in [2.45, 2.75) is 57.3 Å². The van der Waals surface area contributed by atoms with Crippen molar-refractivity contribution in [2.75, 3.05) is 19.8 Å². The lowest BCUT2D eigenvalue weighted by Gasteiger charge is -2.29. The van der Waals surface area contributed by atoms with Crippen molar-refractivity contribution in [1.29, 1.82) is 0 Å². The van der Waals surface area contributed by atoms with Crippen molar-refractivity contribution >= 4 is 0 Å². The predicted octanol–water partition coefficient (Wildman–Crippen LogP) is 1.06. The van der Waals surface area contributed by atoms with E-state index < -0.39 is 6.10 Å². The lowest BCUT2D eigenvalue weighted by atomic mass is 10.0. The van der Waals surface area contributed by atoms with E-state index in [0.717, 1.165) is 12.8 Å². The molecule has 4 nitrogen and oxygen atoms in total. The van der Waals surface area contributed by atoms with E-state index in [0.29, 0.717) is 19.8 Å². The van der Waals surface area contributed by atoms with E-state index >= 15 is 0 Å². The second-order valence-corrected chi connectivity index (χ2v) is 4.94. The van der Waals surface area contributed by atoms with Gasteiger partial charge in [-0.25, -0.2) is 0 Å². The molecule has 0 amide bonds. The molecule has 1 saturated carbocycles. The predicted molar refractivity (Wildman–Crippen MR) is 63.3 cm³/mol. The Morgan fingerprint density at radius 1 is 1.25 bits per heavy atom. The zero-order chi connectivity index (χ0) is 12.0. The minimum atomic E-state index is -0.550. The van der Waals surface area contributed by atoms with Crippen molar-refractivity contribution in [1.82, 2.24) is 0 Å². The van der Waals surface area contributed by atoms with Crippen LogP contribution < -0.4 is 5.73 Å². The molecule has 0 bridgehead atoms. The summed E-state index contributed by atoms with van der Waals surface area (Å²) in [6.07, 6.45) is 3.98. The van der Waals surface area contributed by atoms with Crippen LogP contribution in [0.25, 0.3) is 0 Å². The average Bonchev–Trinajstić information content (AvgIpc) is 2.73. The Labute approximate surface area is 98.1 Å². The van der Waals surface area contributed by atoms with Gasteiger partial charge in [-0.1, -0.05) is 12.8 Å². The first-order chi connectivity index (χ1) is 7.58. The maximum absolute atomic E-state index is 9.68. The molecule has 0 aliphatic heterocycles. The highest BCUT2D eigenvalue weighted by Crippen LogP contribution is 2.32. The van der Waals surface area contributed by atoms with E-state index in [1.165, 1.54) is 12.8 Å². The molecular weight excluding hydrogens is 206 g/mol. The lowest BCUT2D eigenvalue weighted by Crippen LogP contribution is -2.40. The van der Waals surface area contributed by atoms with Gasteiger partial charge in [0.2, 0.25) is 0 Å². The summed E-state index contributed by atoms with van der Waals surface area (Å²) < 4.78 is 11.1. The SMILES string of the molecule is CC(C)OCC(O)COC1(CN)CCCC1. The number of nitrogens with two attached hydrogens (primary N) is 1. The molecule has 0 aromatic rings. The van der Waals surface area contributed by atoms with Gasteiger partial charge in [0, 0.05) is 6.54 Å². The van der Waals surface area contributed by atoms with Crippen molar-refractivity contribution in [2.24, 2.45) is 5.73 Å². The van der Waals surface area contributed by atoms with E-state index in [2.05, 4.69) is 0 Å². The third-order valence-electron chi connectivity index (χ3n) is 3.09. The van der Waals surface area contributed by atoms with Gasteiger partial charge in [0.15, 0.2) is 0 Å². The van der Waals surface area contributed by atoms with Crippen LogP contribution in [0.15, 0.2) is 0 Å². The van der Waals surface area contributed by atoms with Crippen LogP contribution in [0.4, 0.5) is 0 Å². The fourth-order valence-electron chi connectivity index (χ4n) is 2.05. The van der Waals surface area contributed by atoms with Gasteiger partial charge < -0.3 is 20.3 Å². The van der Waals surface area contributed by atoms with E-state index in [4.69, 9.17) is 15.2 Å². The molecule has 0 spiro atoms. The number of rotatable bonds is 7. The fraction of sp³-hybridized carbons (Fsp3) is 1.00. The first-order valence-corrected chi connectivity index (χ1v) is 6.22. The van der Waals surface area contributed by atoms with E-state index in [-0.39, 0.29) is 11.7 Å². The third-order valence-corrected chi connectivity index (χ3v) is 3.09. The number of hydrogen-bond acceptors (Lipinski definition) is 4. The minimum Gasteiger partial charge on any atom is -0.388 e. The normalized spacial score (nSPS) is 21.6. The van der Waals surface area contributed by atoms with Gasteiger partial charge >= 0.3 is 0 Å². The molecule has 0 saturated heterocycles. The van der Waals surface area contributed by atoms with Gasteiger partial charge in [-0.2, -0.15) is 0 Å². The quantitative estimate of drug-likeness (QED) is 0.687. The van der Waals surface area contributed by atoms with Crippen LogP contribution in [0.1, 0.15) is 39.5 Å². The Kier molecular flexibility index (Phi) is 5.69. The Balaban J connectivity index is 2.21.